The van der Waals surface area contributed by atoms with Gasteiger partial charge in [0.1, 0.15) is 0 Å². The summed E-state index contributed by atoms with van der Waals surface area (Å²) in [5, 5.41) is 6.46. The second-order valence-electron chi connectivity index (χ2n) is 9.44. The molecule has 9 heteroatoms. The molecule has 0 saturated heterocycles. The monoisotopic (exact) mass is 512 g/mol. The van der Waals surface area contributed by atoms with Crippen LogP contribution in [0, 0.1) is 0 Å². The van der Waals surface area contributed by atoms with Gasteiger partial charge in [0.25, 0.3) is 5.91 Å². The van der Waals surface area contributed by atoms with Crippen molar-refractivity contribution in [2.24, 2.45) is 5.73 Å². The van der Waals surface area contributed by atoms with Crippen molar-refractivity contribution < 1.29 is 24.0 Å². The van der Waals surface area contributed by atoms with Crippen LogP contribution in [0.5, 0.6) is 0 Å². The maximum absolute atomic E-state index is 11.9. The molecule has 4 amide bonds. The van der Waals surface area contributed by atoms with E-state index in [9.17, 15) is 19.2 Å². The summed E-state index contributed by atoms with van der Waals surface area (Å²) in [4.78, 5) is 51.4. The van der Waals surface area contributed by atoms with E-state index < -0.39 is 17.9 Å². The molecule has 0 aromatic rings. The molecule has 0 fully saturated rings. The zero-order valence-corrected chi connectivity index (χ0v) is 22.9. The molecule has 0 radical (unpaired) electrons. The Kier molecular flexibility index (Phi) is 23.1. The van der Waals surface area contributed by atoms with E-state index in [4.69, 9.17) is 10.6 Å². The molecule has 9 nitrogen and oxygen atoms in total. The first-order valence-corrected chi connectivity index (χ1v) is 14.2. The summed E-state index contributed by atoms with van der Waals surface area (Å²) in [6.45, 7) is 6.14. The zero-order valence-electron chi connectivity index (χ0n) is 22.9. The second-order valence-corrected chi connectivity index (χ2v) is 9.44. The van der Waals surface area contributed by atoms with E-state index >= 15 is 0 Å². The molecule has 0 aromatic heterocycles. The molecular formula is C27H52N4O5. The van der Waals surface area contributed by atoms with Gasteiger partial charge < -0.3 is 21.2 Å². The molecule has 0 heterocycles. The maximum Gasteiger partial charge on any atom is 0.355 e. The molecule has 0 aliphatic carbocycles. The number of rotatable bonds is 23. The van der Waals surface area contributed by atoms with E-state index in [0.717, 1.165) is 19.5 Å². The zero-order chi connectivity index (χ0) is 26.9. The number of amides is 4. The fourth-order valence-corrected chi connectivity index (χ4v) is 3.82. The number of urea groups is 1. The molecule has 0 spiro atoms. The van der Waals surface area contributed by atoms with Crippen LogP contribution in [0.1, 0.15) is 129 Å². The molecule has 0 atom stereocenters. The highest BCUT2D eigenvalue weighted by atomic mass is 16.7. The Morgan fingerprint density at radius 2 is 1.17 bits per heavy atom. The van der Waals surface area contributed by atoms with Gasteiger partial charge in [0.15, 0.2) is 0 Å². The Balaban J connectivity index is 3.52. The van der Waals surface area contributed by atoms with Crippen molar-refractivity contribution in [3.63, 3.8) is 0 Å². The predicted molar refractivity (Wildman–Crippen MR) is 143 cm³/mol. The summed E-state index contributed by atoms with van der Waals surface area (Å²) in [6, 6.07) is -1.12. The van der Waals surface area contributed by atoms with Crippen molar-refractivity contribution in [3.05, 3.63) is 0 Å². The molecule has 0 bridgehead atoms. The molecule has 4 N–H and O–H groups in total. The van der Waals surface area contributed by atoms with Gasteiger partial charge in [-0.3, -0.25) is 9.59 Å². The molecule has 210 valence electrons. The van der Waals surface area contributed by atoms with Crippen LogP contribution in [0.25, 0.3) is 0 Å². The van der Waals surface area contributed by atoms with Crippen LogP contribution in [0.15, 0.2) is 0 Å². The SMILES string of the molecule is CCCCCCCCCCCCCCNCCCC(=O)NCCCC(=O)ON(C(N)=O)C(=O)CCC. The predicted octanol–water partition coefficient (Wildman–Crippen LogP) is 5.12. The van der Waals surface area contributed by atoms with Crippen LogP contribution < -0.4 is 16.4 Å². The Labute approximate surface area is 218 Å². The fourth-order valence-electron chi connectivity index (χ4n) is 3.82. The fraction of sp³-hybridized carbons (Fsp3) is 0.852. The van der Waals surface area contributed by atoms with E-state index in [1.54, 1.807) is 6.92 Å². The Bertz CT molecular complexity index is 601. The Morgan fingerprint density at radius 3 is 1.72 bits per heavy atom. The summed E-state index contributed by atoms with van der Waals surface area (Å²) in [7, 11) is 0. The molecule has 0 rings (SSSR count). The highest BCUT2D eigenvalue weighted by Crippen LogP contribution is 2.11. The highest BCUT2D eigenvalue weighted by Gasteiger charge is 2.23. The third-order valence-corrected chi connectivity index (χ3v) is 5.93. The van der Waals surface area contributed by atoms with E-state index in [1.807, 2.05) is 0 Å². The number of carbonyl (C=O) groups is 4. The van der Waals surface area contributed by atoms with E-state index in [2.05, 4.69) is 17.6 Å². The summed E-state index contributed by atoms with van der Waals surface area (Å²) in [5.41, 5.74) is 5.07. The lowest BCUT2D eigenvalue weighted by Crippen LogP contribution is -2.42. The van der Waals surface area contributed by atoms with Crippen LogP contribution in [-0.2, 0) is 19.2 Å². The van der Waals surface area contributed by atoms with Gasteiger partial charge in [-0.1, -0.05) is 89.5 Å². The topological polar surface area (TPSA) is 131 Å². The third-order valence-electron chi connectivity index (χ3n) is 5.93. The number of hydroxylamine groups is 2. The molecule has 0 saturated carbocycles. The highest BCUT2D eigenvalue weighted by molar-refractivity contribution is 5.93. The lowest BCUT2D eigenvalue weighted by Gasteiger charge is -2.16. The van der Waals surface area contributed by atoms with Crippen LogP contribution >= 0.6 is 0 Å². The normalized spacial score (nSPS) is 10.7. The molecule has 36 heavy (non-hydrogen) atoms. The van der Waals surface area contributed by atoms with Crippen molar-refractivity contribution >= 4 is 23.8 Å². The number of carbonyl (C=O) groups excluding carboxylic acids is 4. The first-order valence-electron chi connectivity index (χ1n) is 14.2. The number of nitrogens with one attached hydrogen (secondary N) is 2. The minimum Gasteiger partial charge on any atom is -0.356 e. The van der Waals surface area contributed by atoms with E-state index in [0.29, 0.717) is 30.9 Å². The van der Waals surface area contributed by atoms with E-state index in [-0.39, 0.29) is 18.7 Å². The number of hydrogen-bond acceptors (Lipinski definition) is 6. The molecule has 0 aliphatic rings. The number of primary amides is 1. The summed E-state index contributed by atoms with van der Waals surface area (Å²) >= 11 is 0. The largest absolute Gasteiger partial charge is 0.356 e. The molecular weight excluding hydrogens is 460 g/mol. The minimum atomic E-state index is -1.12. The van der Waals surface area contributed by atoms with Gasteiger partial charge in [0, 0.05) is 25.8 Å². The molecule has 0 aromatic carbocycles. The quantitative estimate of drug-likeness (QED) is 0.129. The summed E-state index contributed by atoms with van der Waals surface area (Å²) in [6.07, 6.45) is 18.2. The maximum atomic E-state index is 11.9. The average Bonchev–Trinajstić information content (AvgIpc) is 2.84. The number of nitrogens with two attached hydrogens (primary N) is 1. The Morgan fingerprint density at radius 1 is 0.639 bits per heavy atom. The number of unbranched alkanes of at least 4 members (excludes halogenated alkanes) is 11. The van der Waals surface area contributed by atoms with Crippen LogP contribution in [0.3, 0.4) is 0 Å². The van der Waals surface area contributed by atoms with Crippen molar-refractivity contribution in [1.82, 2.24) is 15.7 Å². The first kappa shape index (κ1) is 33.8. The van der Waals surface area contributed by atoms with Gasteiger partial charge in [0.05, 0.1) is 0 Å². The first-order chi connectivity index (χ1) is 17.4. The summed E-state index contributed by atoms with van der Waals surface area (Å²) < 4.78 is 0. The van der Waals surface area contributed by atoms with Crippen molar-refractivity contribution in [3.8, 4) is 0 Å². The third kappa shape index (κ3) is 21.1. The number of imide groups is 1. The number of hydrogen-bond donors (Lipinski definition) is 3. The Hall–Kier alpha value is -2.16. The smallest absolute Gasteiger partial charge is 0.355 e. The van der Waals surface area contributed by atoms with Crippen LogP contribution in [0.2, 0.25) is 0 Å². The van der Waals surface area contributed by atoms with Gasteiger partial charge in [-0.15, -0.1) is 0 Å². The lowest BCUT2D eigenvalue weighted by molar-refractivity contribution is -0.185. The minimum absolute atomic E-state index is 0.0376. The van der Waals surface area contributed by atoms with Crippen molar-refractivity contribution in [2.45, 2.75) is 129 Å². The van der Waals surface area contributed by atoms with Gasteiger partial charge in [-0.2, -0.15) is 0 Å². The van der Waals surface area contributed by atoms with Gasteiger partial charge >= 0.3 is 12.0 Å². The molecule has 0 unspecified atom stereocenters. The van der Waals surface area contributed by atoms with Crippen molar-refractivity contribution in [1.29, 1.82) is 0 Å². The molecule has 0 aliphatic heterocycles. The van der Waals surface area contributed by atoms with Crippen LogP contribution in [0.4, 0.5) is 4.79 Å². The van der Waals surface area contributed by atoms with E-state index in [1.165, 1.54) is 77.0 Å². The summed E-state index contributed by atoms with van der Waals surface area (Å²) in [5.74, 6) is -1.46. The van der Waals surface area contributed by atoms with Gasteiger partial charge in [0.2, 0.25) is 5.91 Å². The average molecular weight is 513 g/mol. The second kappa shape index (κ2) is 24.5. The lowest BCUT2D eigenvalue weighted by atomic mass is 10.1. The van der Waals surface area contributed by atoms with Gasteiger partial charge in [-0.25, -0.2) is 9.59 Å². The number of nitrogens with zero attached hydrogens (tertiary/aromatic N) is 1. The van der Waals surface area contributed by atoms with Crippen molar-refractivity contribution in [2.75, 3.05) is 19.6 Å². The standard InChI is InChI=1S/C27H52N4O5/c1-3-5-6-7-8-9-10-11-12-13-14-15-21-29-22-16-19-24(32)30-23-17-20-26(34)36-31(27(28)35)25(33)18-4-2/h29H,3-23H2,1-2H3,(H2,28,35)(H,30,32). The van der Waals surface area contributed by atoms with Crippen LogP contribution in [-0.4, -0.2) is 48.5 Å². The van der Waals surface area contributed by atoms with Gasteiger partial charge in [-0.05, 0) is 38.8 Å².